The predicted octanol–water partition coefficient (Wildman–Crippen LogP) is 4.58. The first-order valence-electron chi connectivity index (χ1n) is 7.03. The van der Waals surface area contributed by atoms with Crippen molar-refractivity contribution in [3.8, 4) is 5.75 Å². The molecular weight excluding hydrogens is 376 g/mol. The zero-order valence-electron chi connectivity index (χ0n) is 13.3. The standard InChI is InChI=1S/C16H17BrN4OS/c1-9-18-13-8-14(17)23-15(13)16(19-9)20-10-5-11(21(2)3)7-12(6-10)22-4/h5-8H,1-4H3,(H,18,19,20). The molecule has 0 aliphatic rings. The first kappa shape index (κ1) is 16.0. The number of hydrogen-bond acceptors (Lipinski definition) is 6. The van der Waals surface area contributed by atoms with Gasteiger partial charge in [0.05, 0.1) is 21.1 Å². The van der Waals surface area contributed by atoms with Gasteiger partial charge < -0.3 is 15.0 Å². The molecule has 5 nitrogen and oxygen atoms in total. The quantitative estimate of drug-likeness (QED) is 0.703. The molecule has 3 rings (SSSR count). The maximum atomic E-state index is 5.39. The molecule has 1 N–H and O–H groups in total. The van der Waals surface area contributed by atoms with Crippen LogP contribution in [0.2, 0.25) is 0 Å². The Hall–Kier alpha value is -1.86. The smallest absolute Gasteiger partial charge is 0.152 e. The van der Waals surface area contributed by atoms with Crippen molar-refractivity contribution in [2.24, 2.45) is 0 Å². The van der Waals surface area contributed by atoms with E-state index in [-0.39, 0.29) is 0 Å². The van der Waals surface area contributed by atoms with Crippen LogP contribution in [0, 0.1) is 6.92 Å². The Morgan fingerprint density at radius 3 is 2.65 bits per heavy atom. The normalized spacial score (nSPS) is 10.8. The summed E-state index contributed by atoms with van der Waals surface area (Å²) in [5.41, 5.74) is 2.92. The van der Waals surface area contributed by atoms with Crippen LogP contribution < -0.4 is 15.0 Å². The SMILES string of the molecule is COc1cc(Nc2nc(C)nc3cc(Br)sc23)cc(N(C)C)c1. The molecule has 0 spiro atoms. The second kappa shape index (κ2) is 6.33. The van der Waals surface area contributed by atoms with Gasteiger partial charge in [0.15, 0.2) is 5.82 Å². The maximum Gasteiger partial charge on any atom is 0.152 e. The van der Waals surface area contributed by atoms with Crippen molar-refractivity contribution in [3.63, 3.8) is 0 Å². The number of hydrogen-bond donors (Lipinski definition) is 1. The Kier molecular flexibility index (Phi) is 4.41. The lowest BCUT2D eigenvalue weighted by molar-refractivity contribution is 0.415. The van der Waals surface area contributed by atoms with Gasteiger partial charge in [-0.1, -0.05) is 0 Å². The van der Waals surface area contributed by atoms with E-state index in [4.69, 9.17) is 4.74 Å². The predicted molar refractivity (Wildman–Crippen MR) is 100 cm³/mol. The van der Waals surface area contributed by atoms with Crippen LogP contribution >= 0.6 is 27.3 Å². The fourth-order valence-electron chi connectivity index (χ4n) is 2.27. The molecule has 0 bridgehead atoms. The van der Waals surface area contributed by atoms with Crippen molar-refractivity contribution in [2.45, 2.75) is 6.92 Å². The van der Waals surface area contributed by atoms with Crippen LogP contribution in [0.4, 0.5) is 17.2 Å². The molecule has 0 aliphatic carbocycles. The molecule has 0 radical (unpaired) electrons. The summed E-state index contributed by atoms with van der Waals surface area (Å²) in [7, 11) is 5.67. The Morgan fingerprint density at radius 2 is 1.96 bits per heavy atom. The van der Waals surface area contributed by atoms with Crippen LogP contribution in [0.25, 0.3) is 10.2 Å². The van der Waals surface area contributed by atoms with Crippen LogP contribution in [0.15, 0.2) is 28.1 Å². The minimum atomic E-state index is 0.737. The molecule has 23 heavy (non-hydrogen) atoms. The van der Waals surface area contributed by atoms with Gasteiger partial charge in [-0.3, -0.25) is 0 Å². The third-order valence-electron chi connectivity index (χ3n) is 3.36. The molecule has 0 aliphatic heterocycles. The van der Waals surface area contributed by atoms with Crippen LogP contribution in [0.3, 0.4) is 0 Å². The lowest BCUT2D eigenvalue weighted by atomic mass is 10.2. The maximum absolute atomic E-state index is 5.39. The first-order chi connectivity index (χ1) is 11.0. The molecule has 0 amide bonds. The highest BCUT2D eigenvalue weighted by molar-refractivity contribution is 9.11. The highest BCUT2D eigenvalue weighted by Crippen LogP contribution is 2.35. The molecule has 1 aromatic carbocycles. The number of aryl methyl sites for hydroxylation is 1. The van der Waals surface area contributed by atoms with E-state index in [9.17, 15) is 0 Å². The summed E-state index contributed by atoms with van der Waals surface area (Å²) >= 11 is 5.13. The van der Waals surface area contributed by atoms with Crippen molar-refractivity contribution < 1.29 is 4.74 Å². The molecule has 0 saturated carbocycles. The van der Waals surface area contributed by atoms with Gasteiger partial charge in [0.25, 0.3) is 0 Å². The van der Waals surface area contributed by atoms with Gasteiger partial charge in [0.2, 0.25) is 0 Å². The van der Waals surface area contributed by atoms with Gasteiger partial charge in [0.1, 0.15) is 11.6 Å². The van der Waals surface area contributed by atoms with Gasteiger partial charge in [-0.2, -0.15) is 0 Å². The second-order valence-corrected chi connectivity index (χ2v) is 7.75. The molecule has 3 aromatic rings. The molecule has 120 valence electrons. The zero-order valence-corrected chi connectivity index (χ0v) is 15.7. The van der Waals surface area contributed by atoms with Crippen LogP contribution in [0.1, 0.15) is 5.82 Å². The molecule has 7 heteroatoms. The van der Waals surface area contributed by atoms with E-state index in [0.29, 0.717) is 0 Å². The highest BCUT2D eigenvalue weighted by Gasteiger charge is 2.11. The number of halogens is 1. The second-order valence-electron chi connectivity index (χ2n) is 5.32. The highest BCUT2D eigenvalue weighted by atomic mass is 79.9. The fraction of sp³-hybridized carbons (Fsp3) is 0.250. The van der Waals surface area contributed by atoms with Crippen molar-refractivity contribution in [1.29, 1.82) is 0 Å². The van der Waals surface area contributed by atoms with Crippen molar-refractivity contribution in [1.82, 2.24) is 9.97 Å². The minimum absolute atomic E-state index is 0.737. The Labute approximate surface area is 147 Å². The fourth-order valence-corrected chi connectivity index (χ4v) is 3.74. The number of nitrogens with zero attached hydrogens (tertiary/aromatic N) is 3. The summed E-state index contributed by atoms with van der Waals surface area (Å²) in [5.74, 6) is 2.34. The number of benzene rings is 1. The average molecular weight is 393 g/mol. The third kappa shape index (κ3) is 3.40. The van der Waals surface area contributed by atoms with Crippen LogP contribution in [-0.2, 0) is 0 Å². The monoisotopic (exact) mass is 392 g/mol. The summed E-state index contributed by atoms with van der Waals surface area (Å²) in [6.07, 6.45) is 0. The lowest BCUT2D eigenvalue weighted by Crippen LogP contribution is -2.09. The van der Waals surface area contributed by atoms with Crippen LogP contribution in [-0.4, -0.2) is 31.2 Å². The number of aromatic nitrogens is 2. The summed E-state index contributed by atoms with van der Waals surface area (Å²) in [6.45, 7) is 1.90. The molecule has 0 saturated heterocycles. The van der Waals surface area contributed by atoms with E-state index < -0.39 is 0 Å². The summed E-state index contributed by atoms with van der Waals surface area (Å²) < 4.78 is 7.46. The van der Waals surface area contributed by atoms with E-state index in [0.717, 1.165) is 42.8 Å². The number of nitrogens with one attached hydrogen (secondary N) is 1. The first-order valence-corrected chi connectivity index (χ1v) is 8.64. The van der Waals surface area contributed by atoms with Crippen LogP contribution in [0.5, 0.6) is 5.75 Å². The van der Waals surface area contributed by atoms with Crippen molar-refractivity contribution in [3.05, 3.63) is 33.9 Å². The van der Waals surface area contributed by atoms with E-state index in [1.165, 1.54) is 0 Å². The molecule has 0 unspecified atom stereocenters. The molecule has 2 heterocycles. The topological polar surface area (TPSA) is 50.3 Å². The summed E-state index contributed by atoms with van der Waals surface area (Å²) in [4.78, 5) is 11.1. The summed E-state index contributed by atoms with van der Waals surface area (Å²) in [6, 6.07) is 8.03. The van der Waals surface area contributed by atoms with E-state index >= 15 is 0 Å². The Morgan fingerprint density at radius 1 is 1.17 bits per heavy atom. The molecular formula is C16H17BrN4OS. The van der Waals surface area contributed by atoms with E-state index in [1.54, 1.807) is 18.4 Å². The van der Waals surface area contributed by atoms with Crippen molar-refractivity contribution >= 4 is 54.7 Å². The lowest BCUT2D eigenvalue weighted by Gasteiger charge is -2.16. The minimum Gasteiger partial charge on any atom is -0.497 e. The van der Waals surface area contributed by atoms with Crippen molar-refractivity contribution in [2.75, 3.05) is 31.4 Å². The number of anilines is 3. The largest absolute Gasteiger partial charge is 0.497 e. The van der Waals surface area contributed by atoms with Gasteiger partial charge in [0, 0.05) is 37.6 Å². The number of ether oxygens (including phenoxy) is 1. The third-order valence-corrected chi connectivity index (χ3v) is 4.99. The summed E-state index contributed by atoms with van der Waals surface area (Å²) in [5, 5.41) is 3.40. The number of rotatable bonds is 4. The van der Waals surface area contributed by atoms with Gasteiger partial charge in [-0.05, 0) is 35.0 Å². The van der Waals surface area contributed by atoms with E-state index in [2.05, 4.69) is 37.3 Å². The number of methoxy groups -OCH3 is 1. The average Bonchev–Trinajstić information content (AvgIpc) is 2.87. The Bertz CT molecular complexity index is 863. The molecule has 0 atom stereocenters. The molecule has 2 aromatic heterocycles. The van der Waals surface area contributed by atoms with Gasteiger partial charge in [-0.15, -0.1) is 11.3 Å². The van der Waals surface area contributed by atoms with Gasteiger partial charge in [-0.25, -0.2) is 9.97 Å². The number of thiophene rings is 1. The molecule has 0 fully saturated rings. The number of fused-ring (bicyclic) bond motifs is 1. The zero-order chi connectivity index (χ0) is 16.6. The van der Waals surface area contributed by atoms with E-state index in [1.807, 2.05) is 44.1 Å². The van der Waals surface area contributed by atoms with Gasteiger partial charge >= 0.3 is 0 Å². The Balaban J connectivity index is 2.06.